The summed E-state index contributed by atoms with van der Waals surface area (Å²) < 4.78 is 6.43. The van der Waals surface area contributed by atoms with Crippen molar-refractivity contribution in [2.24, 2.45) is 0 Å². The van der Waals surface area contributed by atoms with Crippen molar-refractivity contribution in [1.29, 1.82) is 0 Å². The number of carboxylic acid groups (broad SMARTS) is 1. The number of carbonyl (C=O) groups is 1. The Kier molecular flexibility index (Phi) is 6.55. The van der Waals surface area contributed by atoms with E-state index in [4.69, 9.17) is 4.74 Å². The summed E-state index contributed by atoms with van der Waals surface area (Å²) in [4.78, 5) is 11.7. The SMILES string of the molecule is C[C@@H](NC[C@H]1C[C@@H](c2ccc(C(C)(C)C(=O)O)cc2)c2ccccc2O1)c1cccc2ccccc12. The smallest absolute Gasteiger partial charge is 0.313 e. The highest BCUT2D eigenvalue weighted by atomic mass is 16.5. The molecule has 0 aromatic heterocycles. The van der Waals surface area contributed by atoms with Gasteiger partial charge in [-0.3, -0.25) is 4.79 Å². The maximum Gasteiger partial charge on any atom is 0.313 e. The van der Waals surface area contributed by atoms with Crippen molar-refractivity contribution in [3.8, 4) is 5.75 Å². The van der Waals surface area contributed by atoms with E-state index in [1.54, 1.807) is 13.8 Å². The van der Waals surface area contributed by atoms with Crippen LogP contribution in [0.25, 0.3) is 10.8 Å². The van der Waals surface area contributed by atoms with E-state index < -0.39 is 11.4 Å². The molecule has 0 saturated carbocycles. The van der Waals surface area contributed by atoms with Gasteiger partial charge in [-0.25, -0.2) is 0 Å². The molecule has 0 unspecified atom stereocenters. The van der Waals surface area contributed by atoms with E-state index >= 15 is 0 Å². The molecule has 4 aromatic rings. The number of fused-ring (bicyclic) bond motifs is 2. The third-order valence-electron chi connectivity index (χ3n) is 7.60. The fraction of sp³-hybridized carbons (Fsp3) is 0.281. The molecule has 4 aromatic carbocycles. The Bertz CT molecular complexity index is 1370. The molecule has 0 spiro atoms. The minimum absolute atomic E-state index is 0.0254. The highest BCUT2D eigenvalue weighted by Gasteiger charge is 2.32. The number of nitrogens with one attached hydrogen (secondary N) is 1. The number of benzene rings is 4. The lowest BCUT2D eigenvalue weighted by atomic mass is 9.80. The first-order valence-corrected chi connectivity index (χ1v) is 12.6. The molecule has 36 heavy (non-hydrogen) atoms. The van der Waals surface area contributed by atoms with Gasteiger partial charge in [-0.2, -0.15) is 0 Å². The first kappa shape index (κ1) is 24.1. The van der Waals surface area contributed by atoms with Crippen LogP contribution in [-0.4, -0.2) is 23.7 Å². The zero-order chi connectivity index (χ0) is 25.3. The quantitative estimate of drug-likeness (QED) is 0.305. The average molecular weight is 480 g/mol. The van der Waals surface area contributed by atoms with Gasteiger partial charge in [0.25, 0.3) is 0 Å². The van der Waals surface area contributed by atoms with Crippen molar-refractivity contribution in [3.63, 3.8) is 0 Å². The van der Waals surface area contributed by atoms with Gasteiger partial charge in [-0.1, -0.05) is 84.9 Å². The van der Waals surface area contributed by atoms with Crippen molar-refractivity contribution >= 4 is 16.7 Å². The van der Waals surface area contributed by atoms with Crippen LogP contribution in [0.15, 0.2) is 91.0 Å². The molecule has 1 heterocycles. The van der Waals surface area contributed by atoms with Gasteiger partial charge in [0.15, 0.2) is 0 Å². The lowest BCUT2D eigenvalue weighted by Gasteiger charge is -2.33. The summed E-state index contributed by atoms with van der Waals surface area (Å²) in [5, 5.41) is 15.8. The monoisotopic (exact) mass is 479 g/mol. The first-order chi connectivity index (χ1) is 17.3. The second kappa shape index (κ2) is 9.79. The molecule has 0 saturated heterocycles. The molecule has 5 rings (SSSR count). The maximum atomic E-state index is 11.7. The summed E-state index contributed by atoms with van der Waals surface area (Å²) in [6, 6.07) is 31.5. The number of hydrogen-bond acceptors (Lipinski definition) is 3. The Morgan fingerprint density at radius 1 is 0.972 bits per heavy atom. The molecule has 4 heteroatoms. The van der Waals surface area contributed by atoms with E-state index in [0.717, 1.165) is 24.3 Å². The van der Waals surface area contributed by atoms with E-state index in [-0.39, 0.29) is 18.1 Å². The van der Waals surface area contributed by atoms with E-state index in [1.165, 1.54) is 27.5 Å². The third kappa shape index (κ3) is 4.61. The van der Waals surface area contributed by atoms with Crippen LogP contribution < -0.4 is 10.1 Å². The first-order valence-electron chi connectivity index (χ1n) is 12.6. The van der Waals surface area contributed by atoms with Crippen molar-refractivity contribution in [3.05, 3.63) is 113 Å². The molecular weight excluding hydrogens is 446 g/mol. The highest BCUT2D eigenvalue weighted by molar-refractivity contribution is 5.86. The minimum Gasteiger partial charge on any atom is -0.489 e. The van der Waals surface area contributed by atoms with Gasteiger partial charge < -0.3 is 15.2 Å². The molecule has 0 bridgehead atoms. The summed E-state index contributed by atoms with van der Waals surface area (Å²) in [6.45, 7) is 6.43. The number of hydrogen-bond donors (Lipinski definition) is 2. The van der Waals surface area contributed by atoms with Crippen molar-refractivity contribution in [2.75, 3.05) is 6.54 Å². The van der Waals surface area contributed by atoms with Crippen LogP contribution in [0.5, 0.6) is 5.75 Å². The molecule has 0 aliphatic carbocycles. The summed E-state index contributed by atoms with van der Waals surface area (Å²) in [5.74, 6) is 0.294. The summed E-state index contributed by atoms with van der Waals surface area (Å²) in [7, 11) is 0. The molecule has 0 amide bonds. The zero-order valence-electron chi connectivity index (χ0n) is 21.1. The second-order valence-electron chi connectivity index (χ2n) is 10.3. The van der Waals surface area contributed by atoms with Crippen LogP contribution in [0.2, 0.25) is 0 Å². The lowest BCUT2D eigenvalue weighted by molar-refractivity contribution is -0.142. The number of carboxylic acids is 1. The summed E-state index contributed by atoms with van der Waals surface area (Å²) in [6.07, 6.45) is 0.881. The van der Waals surface area contributed by atoms with E-state index in [0.29, 0.717) is 0 Å². The summed E-state index contributed by atoms with van der Waals surface area (Å²) >= 11 is 0. The van der Waals surface area contributed by atoms with Crippen molar-refractivity contribution in [1.82, 2.24) is 5.32 Å². The Labute approximate surface area is 212 Å². The Morgan fingerprint density at radius 3 is 2.44 bits per heavy atom. The Balaban J connectivity index is 1.35. The number of aliphatic carboxylic acids is 1. The number of ether oxygens (including phenoxy) is 1. The fourth-order valence-corrected chi connectivity index (χ4v) is 5.24. The summed E-state index contributed by atoms with van der Waals surface area (Å²) in [5.41, 5.74) is 3.54. The van der Waals surface area contributed by atoms with Crippen LogP contribution in [-0.2, 0) is 10.2 Å². The van der Waals surface area contributed by atoms with Gasteiger partial charge in [0, 0.05) is 24.1 Å². The van der Waals surface area contributed by atoms with Gasteiger partial charge in [0.2, 0.25) is 0 Å². The maximum absolute atomic E-state index is 11.7. The Hall–Kier alpha value is -3.63. The van der Waals surface area contributed by atoms with Crippen LogP contribution >= 0.6 is 0 Å². The molecular formula is C32H33NO3. The Morgan fingerprint density at radius 2 is 1.67 bits per heavy atom. The van der Waals surface area contributed by atoms with E-state index in [2.05, 4.69) is 79.0 Å². The molecule has 0 radical (unpaired) electrons. The van der Waals surface area contributed by atoms with Gasteiger partial charge in [0.05, 0.1) is 5.41 Å². The third-order valence-corrected chi connectivity index (χ3v) is 7.60. The second-order valence-corrected chi connectivity index (χ2v) is 10.3. The van der Waals surface area contributed by atoms with Crippen LogP contribution in [0.4, 0.5) is 0 Å². The molecule has 1 aliphatic heterocycles. The fourth-order valence-electron chi connectivity index (χ4n) is 5.24. The topological polar surface area (TPSA) is 58.6 Å². The lowest BCUT2D eigenvalue weighted by Crippen LogP contribution is -2.37. The number of para-hydroxylation sites is 1. The largest absolute Gasteiger partial charge is 0.489 e. The van der Waals surface area contributed by atoms with Crippen molar-refractivity contribution in [2.45, 2.75) is 50.7 Å². The molecule has 0 fully saturated rings. The molecule has 3 atom stereocenters. The molecule has 1 aliphatic rings. The molecule has 2 N–H and O–H groups in total. The highest BCUT2D eigenvalue weighted by Crippen LogP contribution is 2.41. The van der Waals surface area contributed by atoms with Gasteiger partial charge >= 0.3 is 5.97 Å². The average Bonchev–Trinajstić information content (AvgIpc) is 2.91. The number of rotatable bonds is 7. The van der Waals surface area contributed by atoms with Crippen LogP contribution in [0.1, 0.15) is 61.4 Å². The van der Waals surface area contributed by atoms with Crippen molar-refractivity contribution < 1.29 is 14.6 Å². The predicted molar refractivity (Wildman–Crippen MR) is 145 cm³/mol. The van der Waals surface area contributed by atoms with E-state index in [1.807, 2.05) is 24.3 Å². The molecule has 4 nitrogen and oxygen atoms in total. The minimum atomic E-state index is -0.920. The van der Waals surface area contributed by atoms with Gasteiger partial charge in [-0.15, -0.1) is 0 Å². The molecule has 184 valence electrons. The van der Waals surface area contributed by atoms with E-state index in [9.17, 15) is 9.90 Å². The standard InChI is InChI=1S/C32H33NO3/c1-21(26-13-8-10-22-9-4-5-11-27(22)26)33-20-25-19-29(28-12-6-7-14-30(28)36-25)23-15-17-24(18-16-23)32(2,3)31(34)35/h4-18,21,25,29,33H,19-20H2,1-3H3,(H,34,35)/t21-,25-,29+/m1/s1. The van der Waals surface area contributed by atoms with Gasteiger partial charge in [0.1, 0.15) is 11.9 Å². The van der Waals surface area contributed by atoms with Gasteiger partial charge in [-0.05, 0) is 60.7 Å². The normalized spacial score (nSPS) is 18.3. The predicted octanol–water partition coefficient (Wildman–Crippen LogP) is 6.84. The van der Waals surface area contributed by atoms with Crippen LogP contribution in [0, 0.1) is 0 Å². The van der Waals surface area contributed by atoms with Crippen LogP contribution in [0.3, 0.4) is 0 Å². The zero-order valence-corrected chi connectivity index (χ0v) is 21.1.